The molecule has 0 aliphatic heterocycles. The van der Waals surface area contributed by atoms with Gasteiger partial charge in [0.25, 0.3) is 0 Å². The van der Waals surface area contributed by atoms with Crippen LogP contribution in [0.1, 0.15) is 32.3 Å². The molecule has 112 valence electrons. The summed E-state index contributed by atoms with van der Waals surface area (Å²) < 4.78 is 28.2. The van der Waals surface area contributed by atoms with Crippen molar-refractivity contribution in [3.63, 3.8) is 0 Å². The lowest BCUT2D eigenvalue weighted by atomic mass is 10.1. The lowest BCUT2D eigenvalue weighted by Gasteiger charge is -2.21. The SMILES string of the molecule is CC(C)CNCc1cc(F)c(N(C)CC2CC2)c(F)c1. The highest BCUT2D eigenvalue weighted by atomic mass is 19.1. The number of nitrogens with zero attached hydrogens (tertiary/aromatic N) is 1. The van der Waals surface area contributed by atoms with Crippen molar-refractivity contribution in [3.05, 3.63) is 29.3 Å². The second-order valence-electron chi connectivity index (χ2n) is 6.26. The third-order valence-electron chi connectivity index (χ3n) is 3.57. The summed E-state index contributed by atoms with van der Waals surface area (Å²) >= 11 is 0. The highest BCUT2D eigenvalue weighted by Crippen LogP contribution is 2.32. The van der Waals surface area contributed by atoms with E-state index in [-0.39, 0.29) is 5.69 Å². The zero-order valence-corrected chi connectivity index (χ0v) is 12.5. The van der Waals surface area contributed by atoms with Crippen molar-refractivity contribution in [2.24, 2.45) is 11.8 Å². The van der Waals surface area contributed by atoms with E-state index >= 15 is 0 Å². The maximum atomic E-state index is 14.1. The van der Waals surface area contributed by atoms with Gasteiger partial charge < -0.3 is 10.2 Å². The molecule has 1 saturated carbocycles. The van der Waals surface area contributed by atoms with Gasteiger partial charge in [-0.3, -0.25) is 0 Å². The van der Waals surface area contributed by atoms with Crippen LogP contribution in [0.3, 0.4) is 0 Å². The maximum absolute atomic E-state index is 14.1. The standard InChI is InChI=1S/C16H24F2N2/c1-11(2)8-19-9-13-6-14(17)16(15(18)7-13)20(3)10-12-4-5-12/h6-7,11-12,19H,4-5,8-10H2,1-3H3. The van der Waals surface area contributed by atoms with E-state index in [0.717, 1.165) is 13.1 Å². The van der Waals surface area contributed by atoms with E-state index in [1.807, 2.05) is 0 Å². The molecule has 0 spiro atoms. The van der Waals surface area contributed by atoms with Crippen molar-refractivity contribution in [2.45, 2.75) is 33.2 Å². The molecule has 0 aromatic heterocycles. The number of benzene rings is 1. The van der Waals surface area contributed by atoms with Gasteiger partial charge in [0, 0.05) is 20.1 Å². The Balaban J connectivity index is 2.03. The van der Waals surface area contributed by atoms with Gasteiger partial charge in [-0.2, -0.15) is 0 Å². The molecule has 4 heteroatoms. The van der Waals surface area contributed by atoms with E-state index in [2.05, 4.69) is 19.2 Å². The minimum Gasteiger partial charge on any atom is -0.370 e. The smallest absolute Gasteiger partial charge is 0.149 e. The second-order valence-corrected chi connectivity index (χ2v) is 6.26. The zero-order chi connectivity index (χ0) is 14.7. The van der Waals surface area contributed by atoms with Crippen LogP contribution in [0.15, 0.2) is 12.1 Å². The summed E-state index contributed by atoms with van der Waals surface area (Å²) in [6, 6.07) is 2.88. The molecule has 0 amide bonds. The molecular weight excluding hydrogens is 258 g/mol. The summed E-state index contributed by atoms with van der Waals surface area (Å²) in [5.41, 5.74) is 0.758. The van der Waals surface area contributed by atoms with Crippen LogP contribution in [0.2, 0.25) is 0 Å². The van der Waals surface area contributed by atoms with Crippen LogP contribution in [0.5, 0.6) is 0 Å². The first kappa shape index (κ1) is 15.2. The number of hydrogen-bond acceptors (Lipinski definition) is 2. The summed E-state index contributed by atoms with van der Waals surface area (Å²) in [4.78, 5) is 1.70. The molecule has 0 bridgehead atoms. The third-order valence-corrected chi connectivity index (χ3v) is 3.57. The van der Waals surface area contributed by atoms with E-state index in [9.17, 15) is 8.78 Å². The van der Waals surface area contributed by atoms with Gasteiger partial charge in [-0.1, -0.05) is 13.8 Å². The summed E-state index contributed by atoms with van der Waals surface area (Å²) in [5, 5.41) is 3.20. The lowest BCUT2D eigenvalue weighted by Crippen LogP contribution is -2.23. The third kappa shape index (κ3) is 4.17. The van der Waals surface area contributed by atoms with Crippen molar-refractivity contribution in [1.82, 2.24) is 5.32 Å². The quantitative estimate of drug-likeness (QED) is 0.822. The molecule has 2 nitrogen and oxygen atoms in total. The van der Waals surface area contributed by atoms with Crippen molar-refractivity contribution in [3.8, 4) is 0 Å². The molecule has 0 radical (unpaired) electrons. The Hall–Kier alpha value is -1.16. The first-order chi connectivity index (χ1) is 9.47. The van der Waals surface area contributed by atoms with E-state index in [4.69, 9.17) is 0 Å². The summed E-state index contributed by atoms with van der Waals surface area (Å²) in [5.74, 6) is 0.198. The predicted octanol–water partition coefficient (Wildman–Crippen LogP) is 3.56. The number of nitrogens with one attached hydrogen (secondary N) is 1. The van der Waals surface area contributed by atoms with E-state index in [0.29, 0.717) is 23.9 Å². The average Bonchev–Trinajstić information content (AvgIpc) is 3.11. The van der Waals surface area contributed by atoms with Crippen molar-refractivity contribution >= 4 is 5.69 Å². The fourth-order valence-corrected chi connectivity index (χ4v) is 2.37. The topological polar surface area (TPSA) is 15.3 Å². The molecule has 0 saturated heterocycles. The van der Waals surface area contributed by atoms with E-state index < -0.39 is 11.6 Å². The van der Waals surface area contributed by atoms with Crippen LogP contribution in [0.4, 0.5) is 14.5 Å². The van der Waals surface area contributed by atoms with Gasteiger partial charge in [0.05, 0.1) is 0 Å². The molecule has 0 unspecified atom stereocenters. The van der Waals surface area contributed by atoms with Crippen LogP contribution in [-0.4, -0.2) is 20.1 Å². The first-order valence-electron chi connectivity index (χ1n) is 7.37. The highest BCUT2D eigenvalue weighted by molar-refractivity contribution is 5.50. The monoisotopic (exact) mass is 282 g/mol. The molecule has 1 N–H and O–H groups in total. The van der Waals surface area contributed by atoms with Gasteiger partial charge >= 0.3 is 0 Å². The predicted molar refractivity (Wildman–Crippen MR) is 78.9 cm³/mol. The summed E-state index contributed by atoms with van der Waals surface area (Å²) in [7, 11) is 1.76. The van der Waals surface area contributed by atoms with Gasteiger partial charge in [-0.05, 0) is 48.9 Å². The number of halogens is 2. The van der Waals surface area contributed by atoms with Gasteiger partial charge in [-0.15, -0.1) is 0 Å². The van der Waals surface area contributed by atoms with Crippen molar-refractivity contribution in [1.29, 1.82) is 0 Å². The van der Waals surface area contributed by atoms with Crippen molar-refractivity contribution < 1.29 is 8.78 Å². The maximum Gasteiger partial charge on any atom is 0.149 e. The summed E-state index contributed by atoms with van der Waals surface area (Å²) in [6.07, 6.45) is 2.34. The molecule has 2 rings (SSSR count). The largest absolute Gasteiger partial charge is 0.370 e. The number of hydrogen-bond donors (Lipinski definition) is 1. The molecular formula is C16H24F2N2. The van der Waals surface area contributed by atoms with Gasteiger partial charge in [0.15, 0.2) is 0 Å². The molecule has 1 aromatic carbocycles. The van der Waals surface area contributed by atoms with Crippen LogP contribution in [-0.2, 0) is 6.54 Å². The number of rotatable bonds is 7. The van der Waals surface area contributed by atoms with Crippen LogP contribution < -0.4 is 10.2 Å². The van der Waals surface area contributed by atoms with Crippen LogP contribution in [0, 0.1) is 23.5 Å². The summed E-state index contributed by atoms with van der Waals surface area (Å²) in [6.45, 7) is 6.28. The Morgan fingerprint density at radius 1 is 1.25 bits per heavy atom. The molecule has 1 fully saturated rings. The fraction of sp³-hybridized carbons (Fsp3) is 0.625. The Morgan fingerprint density at radius 2 is 1.85 bits per heavy atom. The minimum absolute atomic E-state index is 0.101. The molecule has 0 heterocycles. The van der Waals surface area contributed by atoms with E-state index in [1.54, 1.807) is 11.9 Å². The van der Waals surface area contributed by atoms with Crippen LogP contribution in [0.25, 0.3) is 0 Å². The van der Waals surface area contributed by atoms with Crippen LogP contribution >= 0.6 is 0 Å². The lowest BCUT2D eigenvalue weighted by molar-refractivity contribution is 0.542. The Kier molecular flexibility index (Phi) is 4.97. The van der Waals surface area contributed by atoms with Gasteiger partial charge in [-0.25, -0.2) is 8.78 Å². The molecule has 1 aliphatic rings. The van der Waals surface area contributed by atoms with Crippen molar-refractivity contribution in [2.75, 3.05) is 25.0 Å². The Morgan fingerprint density at radius 3 is 2.35 bits per heavy atom. The minimum atomic E-state index is -0.463. The molecule has 20 heavy (non-hydrogen) atoms. The van der Waals surface area contributed by atoms with Gasteiger partial charge in [0.1, 0.15) is 17.3 Å². The van der Waals surface area contributed by atoms with Gasteiger partial charge in [0.2, 0.25) is 0 Å². The fourth-order valence-electron chi connectivity index (χ4n) is 2.37. The molecule has 0 atom stereocenters. The second kappa shape index (κ2) is 6.53. The first-order valence-corrected chi connectivity index (χ1v) is 7.37. The zero-order valence-electron chi connectivity index (χ0n) is 12.5. The average molecular weight is 282 g/mol. The Labute approximate surface area is 120 Å². The number of anilines is 1. The normalized spacial score (nSPS) is 14.9. The highest BCUT2D eigenvalue weighted by Gasteiger charge is 2.25. The van der Waals surface area contributed by atoms with E-state index in [1.165, 1.54) is 25.0 Å². The Bertz CT molecular complexity index is 433. The molecule has 1 aliphatic carbocycles. The molecule has 1 aromatic rings.